The molecule has 0 spiro atoms. The molecule has 0 radical (unpaired) electrons. The van der Waals surface area contributed by atoms with E-state index in [0.717, 1.165) is 16.6 Å². The second-order valence-electron chi connectivity index (χ2n) is 2.75. The molecule has 0 aliphatic heterocycles. The molecule has 2 N–H and O–H groups in total. The van der Waals surface area contributed by atoms with E-state index in [1.807, 2.05) is 18.2 Å². The number of aromatic nitrogens is 2. The van der Waals surface area contributed by atoms with Crippen LogP contribution in [0.2, 0.25) is 0 Å². The highest BCUT2D eigenvalue weighted by molar-refractivity contribution is 5.78. The van der Waals surface area contributed by atoms with Crippen LogP contribution in [0.3, 0.4) is 0 Å². The van der Waals surface area contributed by atoms with E-state index in [-0.39, 0.29) is 5.69 Å². The van der Waals surface area contributed by atoms with Crippen LogP contribution in [0.1, 0.15) is 5.56 Å². The third kappa shape index (κ3) is 1.20. The third-order valence-corrected chi connectivity index (χ3v) is 1.91. The monoisotopic (exact) mass is 173 g/mol. The summed E-state index contributed by atoms with van der Waals surface area (Å²) in [5, 5.41) is 8.53. The molecule has 1 aromatic carbocycles. The van der Waals surface area contributed by atoms with Gasteiger partial charge in [-0.1, -0.05) is 12.1 Å². The van der Waals surface area contributed by atoms with Gasteiger partial charge in [-0.25, -0.2) is 4.79 Å². The van der Waals surface area contributed by atoms with Gasteiger partial charge in [0.2, 0.25) is 0 Å². The molecular weight excluding hydrogens is 166 g/mol. The fraction of sp³-hybridized carbons (Fsp3) is 0.111. The average molecular weight is 173 g/mol. The predicted molar refractivity (Wildman–Crippen MR) is 48.2 cm³/mol. The zero-order chi connectivity index (χ0) is 9.26. The first-order valence-corrected chi connectivity index (χ1v) is 3.88. The van der Waals surface area contributed by atoms with Crippen molar-refractivity contribution in [3.05, 3.63) is 34.2 Å². The van der Waals surface area contributed by atoms with Crippen molar-refractivity contribution in [2.24, 2.45) is 0 Å². The van der Waals surface area contributed by atoms with Crippen LogP contribution in [0, 0.1) is 11.3 Å². The maximum Gasteiger partial charge on any atom is 0.323 e. The van der Waals surface area contributed by atoms with E-state index in [1.54, 1.807) is 6.07 Å². The first-order chi connectivity index (χ1) is 6.31. The molecular formula is C9H7N3O. The summed E-state index contributed by atoms with van der Waals surface area (Å²) in [6.45, 7) is 0. The smallest absolute Gasteiger partial charge is 0.306 e. The minimum atomic E-state index is -0.236. The quantitative estimate of drug-likeness (QED) is 0.673. The van der Waals surface area contributed by atoms with Crippen molar-refractivity contribution in [1.29, 1.82) is 5.26 Å². The van der Waals surface area contributed by atoms with Gasteiger partial charge in [-0.3, -0.25) is 0 Å². The maximum absolute atomic E-state index is 11.0. The Morgan fingerprint density at radius 1 is 1.38 bits per heavy atom. The van der Waals surface area contributed by atoms with Crippen molar-refractivity contribution in [2.45, 2.75) is 6.42 Å². The molecule has 0 aliphatic rings. The minimum Gasteiger partial charge on any atom is -0.306 e. The molecule has 2 rings (SSSR count). The lowest BCUT2D eigenvalue weighted by atomic mass is 10.1. The van der Waals surface area contributed by atoms with Gasteiger partial charge in [0, 0.05) is 0 Å². The molecule has 0 bridgehead atoms. The van der Waals surface area contributed by atoms with Crippen LogP contribution >= 0.6 is 0 Å². The summed E-state index contributed by atoms with van der Waals surface area (Å²) in [4.78, 5) is 16.2. The van der Waals surface area contributed by atoms with Crippen LogP contribution in [0.15, 0.2) is 23.0 Å². The van der Waals surface area contributed by atoms with Crippen molar-refractivity contribution in [3.63, 3.8) is 0 Å². The molecule has 4 nitrogen and oxygen atoms in total. The van der Waals surface area contributed by atoms with Crippen molar-refractivity contribution in [1.82, 2.24) is 9.97 Å². The number of aromatic amines is 2. The molecule has 1 heterocycles. The molecule has 64 valence electrons. The van der Waals surface area contributed by atoms with Gasteiger partial charge in [-0.2, -0.15) is 5.26 Å². The number of nitriles is 1. The van der Waals surface area contributed by atoms with Gasteiger partial charge in [0.25, 0.3) is 0 Å². The van der Waals surface area contributed by atoms with Crippen LogP contribution < -0.4 is 5.69 Å². The van der Waals surface area contributed by atoms with Crippen LogP contribution in [0.25, 0.3) is 11.0 Å². The van der Waals surface area contributed by atoms with Gasteiger partial charge in [0.15, 0.2) is 0 Å². The molecule has 2 aromatic rings. The number of fused-ring (bicyclic) bond motifs is 1. The Bertz CT molecular complexity index is 530. The van der Waals surface area contributed by atoms with E-state index in [9.17, 15) is 4.79 Å². The Hall–Kier alpha value is -2.02. The summed E-state index contributed by atoms with van der Waals surface area (Å²) in [7, 11) is 0. The van der Waals surface area contributed by atoms with Crippen LogP contribution in [-0.4, -0.2) is 9.97 Å². The Kier molecular flexibility index (Phi) is 1.64. The number of imidazole rings is 1. The van der Waals surface area contributed by atoms with Crippen LogP contribution in [0.5, 0.6) is 0 Å². The molecule has 4 heteroatoms. The predicted octanol–water partition coefficient (Wildman–Crippen LogP) is 0.922. The lowest BCUT2D eigenvalue weighted by Gasteiger charge is -1.94. The Balaban J connectivity index is 2.76. The SMILES string of the molecule is N#CCc1cccc2[nH]c(=O)[nH]c12. The van der Waals surface area contributed by atoms with E-state index in [2.05, 4.69) is 9.97 Å². The third-order valence-electron chi connectivity index (χ3n) is 1.91. The summed E-state index contributed by atoms with van der Waals surface area (Å²) >= 11 is 0. The van der Waals surface area contributed by atoms with E-state index in [4.69, 9.17) is 5.26 Å². The van der Waals surface area contributed by atoms with Crippen LogP contribution in [-0.2, 0) is 6.42 Å². The lowest BCUT2D eigenvalue weighted by molar-refractivity contribution is 1.20. The fourth-order valence-corrected chi connectivity index (χ4v) is 1.35. The molecule has 0 atom stereocenters. The number of nitrogens with zero attached hydrogens (tertiary/aromatic N) is 1. The number of hydrogen-bond acceptors (Lipinski definition) is 2. The van der Waals surface area contributed by atoms with Gasteiger partial charge in [0.1, 0.15) is 0 Å². The van der Waals surface area contributed by atoms with E-state index >= 15 is 0 Å². The first-order valence-electron chi connectivity index (χ1n) is 3.88. The van der Waals surface area contributed by atoms with Gasteiger partial charge >= 0.3 is 5.69 Å². The average Bonchev–Trinajstić information content (AvgIpc) is 2.47. The number of benzene rings is 1. The summed E-state index contributed by atoms with van der Waals surface area (Å²) in [5.74, 6) is 0. The minimum absolute atomic E-state index is 0.236. The molecule has 0 amide bonds. The van der Waals surface area contributed by atoms with Crippen molar-refractivity contribution < 1.29 is 0 Å². The fourth-order valence-electron chi connectivity index (χ4n) is 1.35. The first kappa shape index (κ1) is 7.62. The van der Waals surface area contributed by atoms with E-state index in [0.29, 0.717) is 6.42 Å². The second-order valence-corrected chi connectivity index (χ2v) is 2.75. The molecule has 0 saturated carbocycles. The zero-order valence-corrected chi connectivity index (χ0v) is 6.79. The standard InChI is InChI=1S/C9H7N3O/c10-5-4-6-2-1-3-7-8(6)12-9(13)11-7/h1-3H,4H2,(H2,11,12,13). The summed E-state index contributed by atoms with van der Waals surface area (Å²) < 4.78 is 0. The summed E-state index contributed by atoms with van der Waals surface area (Å²) in [6, 6.07) is 7.50. The summed E-state index contributed by atoms with van der Waals surface area (Å²) in [6.07, 6.45) is 0.311. The normalized spacial score (nSPS) is 10.1. The number of H-pyrrole nitrogens is 2. The molecule has 0 aliphatic carbocycles. The van der Waals surface area contributed by atoms with Crippen molar-refractivity contribution >= 4 is 11.0 Å². The van der Waals surface area contributed by atoms with Crippen molar-refractivity contribution in [3.8, 4) is 6.07 Å². The highest BCUT2D eigenvalue weighted by Gasteiger charge is 2.02. The molecule has 0 saturated heterocycles. The molecule has 13 heavy (non-hydrogen) atoms. The summed E-state index contributed by atoms with van der Waals surface area (Å²) in [5.41, 5.74) is 2.09. The van der Waals surface area contributed by atoms with E-state index < -0.39 is 0 Å². The van der Waals surface area contributed by atoms with E-state index in [1.165, 1.54) is 0 Å². The zero-order valence-electron chi connectivity index (χ0n) is 6.79. The number of nitrogens with one attached hydrogen (secondary N) is 2. The maximum atomic E-state index is 11.0. The van der Waals surface area contributed by atoms with Crippen molar-refractivity contribution in [2.75, 3.05) is 0 Å². The largest absolute Gasteiger partial charge is 0.323 e. The Morgan fingerprint density at radius 3 is 3.00 bits per heavy atom. The molecule has 0 fully saturated rings. The number of rotatable bonds is 1. The number of hydrogen-bond donors (Lipinski definition) is 2. The topological polar surface area (TPSA) is 72.4 Å². The molecule has 0 unspecified atom stereocenters. The highest BCUT2D eigenvalue weighted by Crippen LogP contribution is 2.12. The van der Waals surface area contributed by atoms with Gasteiger partial charge in [-0.05, 0) is 11.6 Å². The van der Waals surface area contributed by atoms with Gasteiger partial charge < -0.3 is 9.97 Å². The van der Waals surface area contributed by atoms with Gasteiger partial charge in [-0.15, -0.1) is 0 Å². The van der Waals surface area contributed by atoms with Crippen LogP contribution in [0.4, 0.5) is 0 Å². The Labute approximate surface area is 73.8 Å². The molecule has 1 aromatic heterocycles. The number of para-hydroxylation sites is 1. The Morgan fingerprint density at radius 2 is 2.23 bits per heavy atom. The highest BCUT2D eigenvalue weighted by atomic mass is 16.1. The lowest BCUT2D eigenvalue weighted by Crippen LogP contribution is -1.99. The van der Waals surface area contributed by atoms with Gasteiger partial charge in [0.05, 0.1) is 23.5 Å². The second kappa shape index (κ2) is 2.79.